The maximum absolute atomic E-state index is 13.5. The first kappa shape index (κ1) is 28.8. The van der Waals surface area contributed by atoms with Gasteiger partial charge in [0.25, 0.3) is 5.91 Å². The molecule has 0 radical (unpaired) electrons. The van der Waals surface area contributed by atoms with Gasteiger partial charge in [0, 0.05) is 30.0 Å². The molecule has 2 aliphatic rings. The van der Waals surface area contributed by atoms with Crippen LogP contribution in [0.15, 0.2) is 60.9 Å². The Bertz CT molecular complexity index is 1570. The molecule has 2 aromatic carbocycles. The third kappa shape index (κ3) is 6.24. The van der Waals surface area contributed by atoms with Gasteiger partial charge in [-0.05, 0) is 70.5 Å². The van der Waals surface area contributed by atoms with Crippen LogP contribution in [0.5, 0.6) is 0 Å². The summed E-state index contributed by atoms with van der Waals surface area (Å²) in [4.78, 5) is 37.6. The van der Waals surface area contributed by atoms with Crippen LogP contribution in [0, 0.1) is 0 Å². The highest BCUT2D eigenvalue weighted by Crippen LogP contribution is 2.38. The van der Waals surface area contributed by atoms with E-state index in [0.717, 1.165) is 42.4 Å². The molecule has 10 heteroatoms. The van der Waals surface area contributed by atoms with Gasteiger partial charge in [-0.15, -0.1) is 0 Å². The summed E-state index contributed by atoms with van der Waals surface area (Å²) in [6.45, 7) is 1.57. The minimum absolute atomic E-state index is 0.252. The van der Waals surface area contributed by atoms with E-state index in [9.17, 15) is 9.59 Å². The minimum atomic E-state index is -0.967. The average molecular weight is 581 g/mol. The van der Waals surface area contributed by atoms with E-state index in [4.69, 9.17) is 5.10 Å². The number of para-hydroxylation sites is 1. The zero-order valence-electron chi connectivity index (χ0n) is 25.0. The third-order valence-electron chi connectivity index (χ3n) is 8.71. The number of carbonyl (C=O) groups excluding carboxylic acids is 2. The number of carbonyl (C=O) groups is 2. The maximum atomic E-state index is 13.5. The summed E-state index contributed by atoms with van der Waals surface area (Å²) in [5.41, 5.74) is 3.06. The van der Waals surface area contributed by atoms with Gasteiger partial charge in [0.2, 0.25) is 11.9 Å². The van der Waals surface area contributed by atoms with Crippen molar-refractivity contribution in [3.8, 4) is 5.69 Å². The summed E-state index contributed by atoms with van der Waals surface area (Å²) < 4.78 is 2.06. The van der Waals surface area contributed by atoms with E-state index in [1.807, 2.05) is 50.5 Å². The molecule has 224 valence electrons. The van der Waals surface area contributed by atoms with Crippen molar-refractivity contribution in [1.29, 1.82) is 0 Å². The molecule has 0 bridgehead atoms. The lowest BCUT2D eigenvalue weighted by Crippen LogP contribution is -2.61. The van der Waals surface area contributed by atoms with Crippen LogP contribution < -0.4 is 16.0 Å². The van der Waals surface area contributed by atoms with Gasteiger partial charge < -0.3 is 20.9 Å². The zero-order valence-corrected chi connectivity index (χ0v) is 25.0. The van der Waals surface area contributed by atoms with Crippen molar-refractivity contribution in [2.24, 2.45) is 0 Å². The van der Waals surface area contributed by atoms with Crippen molar-refractivity contribution in [3.05, 3.63) is 72.2 Å². The number of fused-ring (bicyclic) bond motifs is 1. The highest BCUT2D eigenvalue weighted by Gasteiger charge is 2.45. The Morgan fingerprint density at radius 1 is 0.977 bits per heavy atom. The van der Waals surface area contributed by atoms with E-state index in [-0.39, 0.29) is 11.8 Å². The molecule has 2 aliphatic carbocycles. The standard InChI is InChI=1S/C33H40N8O2/c1-40(2)19-18-34-32-35-21-25(22-36-32)37-31(43)33(16-9-17-33)38-30(42)24-14-15-27-28(20-24)39-41(26-12-7-4-8-13-26)29(27)23-10-5-3-6-11-23/h4,7-8,12-15,20-23H,3,5-6,9-11,16-19H2,1-2H3,(H,37,43)(H,38,42)(H,34,35,36). The van der Waals surface area contributed by atoms with Crippen molar-refractivity contribution in [2.45, 2.75) is 62.8 Å². The molecule has 0 unspecified atom stereocenters. The van der Waals surface area contributed by atoms with Crippen LogP contribution in [0.25, 0.3) is 16.6 Å². The monoisotopic (exact) mass is 580 g/mol. The molecule has 10 nitrogen and oxygen atoms in total. The van der Waals surface area contributed by atoms with Crippen molar-refractivity contribution in [1.82, 2.24) is 30.0 Å². The largest absolute Gasteiger partial charge is 0.353 e. The lowest BCUT2D eigenvalue weighted by molar-refractivity contribution is -0.125. The lowest BCUT2D eigenvalue weighted by Gasteiger charge is -2.40. The number of likely N-dealkylation sites (N-methyl/N-ethyl adjacent to an activating group) is 1. The first-order chi connectivity index (χ1) is 20.9. The second-order valence-electron chi connectivity index (χ2n) is 12.1. The fourth-order valence-corrected chi connectivity index (χ4v) is 6.14. The van der Waals surface area contributed by atoms with Crippen molar-refractivity contribution >= 4 is 34.4 Å². The molecule has 43 heavy (non-hydrogen) atoms. The topological polar surface area (TPSA) is 117 Å². The lowest BCUT2D eigenvalue weighted by atomic mass is 9.75. The van der Waals surface area contributed by atoms with Crippen LogP contribution >= 0.6 is 0 Å². The van der Waals surface area contributed by atoms with Crippen molar-refractivity contribution in [3.63, 3.8) is 0 Å². The molecule has 6 rings (SSSR count). The molecule has 2 saturated carbocycles. The fourth-order valence-electron chi connectivity index (χ4n) is 6.14. The van der Waals surface area contributed by atoms with Crippen molar-refractivity contribution < 1.29 is 9.59 Å². The number of amides is 2. The number of rotatable bonds is 10. The normalized spacial score (nSPS) is 16.5. The van der Waals surface area contributed by atoms with Crippen molar-refractivity contribution in [2.75, 3.05) is 37.8 Å². The summed E-state index contributed by atoms with van der Waals surface area (Å²) in [6, 6.07) is 16.0. The molecule has 2 aromatic heterocycles. The van der Waals surface area contributed by atoms with Gasteiger partial charge in [-0.25, -0.2) is 14.6 Å². The number of nitrogens with one attached hydrogen (secondary N) is 3. The number of hydrogen-bond acceptors (Lipinski definition) is 7. The summed E-state index contributed by atoms with van der Waals surface area (Å²) >= 11 is 0. The highest BCUT2D eigenvalue weighted by molar-refractivity contribution is 6.05. The Balaban J connectivity index is 1.19. The Hall–Kier alpha value is -4.31. The van der Waals surface area contributed by atoms with Gasteiger partial charge in [0.05, 0.1) is 35.0 Å². The number of aromatic nitrogens is 4. The van der Waals surface area contributed by atoms with Crippen LogP contribution in [0.2, 0.25) is 0 Å². The Labute approximate surface area is 252 Å². The number of hydrogen-bond donors (Lipinski definition) is 3. The summed E-state index contributed by atoms with van der Waals surface area (Å²) in [5.74, 6) is 0.413. The summed E-state index contributed by atoms with van der Waals surface area (Å²) in [6.07, 6.45) is 11.2. The van der Waals surface area contributed by atoms with E-state index >= 15 is 0 Å². The Kier molecular flexibility index (Phi) is 8.38. The van der Waals surface area contributed by atoms with Gasteiger partial charge in [-0.2, -0.15) is 5.10 Å². The molecule has 4 aromatic rings. The van der Waals surface area contributed by atoms with Crippen LogP contribution in [0.3, 0.4) is 0 Å². The second-order valence-corrected chi connectivity index (χ2v) is 12.1. The number of benzene rings is 2. The van der Waals surface area contributed by atoms with Gasteiger partial charge in [-0.3, -0.25) is 9.59 Å². The van der Waals surface area contributed by atoms with Gasteiger partial charge >= 0.3 is 0 Å². The van der Waals surface area contributed by atoms with E-state index in [1.165, 1.54) is 25.0 Å². The summed E-state index contributed by atoms with van der Waals surface area (Å²) in [5, 5.41) is 15.2. The molecule has 0 spiro atoms. The predicted molar refractivity (Wildman–Crippen MR) is 169 cm³/mol. The van der Waals surface area contributed by atoms with Gasteiger partial charge in [-0.1, -0.05) is 43.5 Å². The van der Waals surface area contributed by atoms with Gasteiger partial charge in [0.15, 0.2) is 0 Å². The first-order valence-corrected chi connectivity index (χ1v) is 15.3. The second kappa shape index (κ2) is 12.5. The molecule has 2 amide bonds. The molecular weight excluding hydrogens is 540 g/mol. The Morgan fingerprint density at radius 2 is 1.72 bits per heavy atom. The average Bonchev–Trinajstić information content (AvgIpc) is 3.39. The zero-order chi connectivity index (χ0) is 29.8. The number of nitrogens with zero attached hydrogens (tertiary/aromatic N) is 5. The molecule has 2 fully saturated rings. The van der Waals surface area contributed by atoms with E-state index in [0.29, 0.717) is 42.5 Å². The third-order valence-corrected chi connectivity index (χ3v) is 8.71. The van der Waals surface area contributed by atoms with E-state index in [2.05, 4.69) is 47.6 Å². The molecular formula is C33H40N8O2. The highest BCUT2D eigenvalue weighted by atomic mass is 16.2. The van der Waals surface area contributed by atoms with E-state index < -0.39 is 5.54 Å². The summed E-state index contributed by atoms with van der Waals surface area (Å²) in [7, 11) is 4.00. The molecule has 0 atom stereocenters. The van der Waals surface area contributed by atoms with Crippen LogP contribution in [-0.4, -0.2) is 69.2 Å². The SMILES string of the molecule is CN(C)CCNc1ncc(NC(=O)C2(NC(=O)c3ccc4c(C5CCCCC5)n(-c5ccccc5)nc4c3)CCC2)cn1. The maximum Gasteiger partial charge on any atom is 0.252 e. The van der Waals surface area contributed by atoms with Crippen LogP contribution in [0.1, 0.15) is 73.3 Å². The molecule has 2 heterocycles. The first-order valence-electron chi connectivity index (χ1n) is 15.3. The quantitative estimate of drug-likeness (QED) is 0.238. The molecule has 3 N–H and O–H groups in total. The predicted octanol–water partition coefficient (Wildman–Crippen LogP) is 5.13. The van der Waals surface area contributed by atoms with Gasteiger partial charge in [0.1, 0.15) is 5.54 Å². The van der Waals surface area contributed by atoms with Crippen LogP contribution in [0.4, 0.5) is 11.6 Å². The molecule has 0 aliphatic heterocycles. The Morgan fingerprint density at radius 3 is 2.40 bits per heavy atom. The smallest absolute Gasteiger partial charge is 0.252 e. The number of anilines is 2. The molecule has 0 saturated heterocycles. The minimum Gasteiger partial charge on any atom is -0.353 e. The van der Waals surface area contributed by atoms with E-state index in [1.54, 1.807) is 12.4 Å². The fraction of sp³-hybridized carbons (Fsp3) is 0.424. The van der Waals surface area contributed by atoms with Crippen LogP contribution in [-0.2, 0) is 4.79 Å².